The predicted molar refractivity (Wildman–Crippen MR) is 85.6 cm³/mol. The van der Waals surface area contributed by atoms with Crippen molar-refractivity contribution in [2.45, 2.75) is 17.7 Å². The van der Waals surface area contributed by atoms with Gasteiger partial charge >= 0.3 is 5.97 Å². The smallest absolute Gasteiger partial charge is 0.335 e. The molecule has 0 fully saturated rings. The van der Waals surface area contributed by atoms with Crippen LogP contribution >= 0.6 is 11.8 Å². The van der Waals surface area contributed by atoms with Crippen LogP contribution in [0.2, 0.25) is 0 Å². The van der Waals surface area contributed by atoms with Crippen LogP contribution in [0.5, 0.6) is 0 Å². The van der Waals surface area contributed by atoms with Crippen molar-refractivity contribution < 1.29 is 13.9 Å². The van der Waals surface area contributed by atoms with Gasteiger partial charge in [-0.3, -0.25) is 0 Å². The second-order valence-electron chi connectivity index (χ2n) is 5.00. The van der Waals surface area contributed by atoms with Crippen molar-refractivity contribution >= 4 is 29.3 Å². The van der Waals surface area contributed by atoms with Crippen LogP contribution in [0, 0.1) is 0 Å². The Morgan fingerprint density at radius 3 is 2.64 bits per heavy atom. The van der Waals surface area contributed by atoms with E-state index in [2.05, 4.69) is 4.98 Å². The second kappa shape index (κ2) is 5.53. The van der Waals surface area contributed by atoms with Crippen molar-refractivity contribution in [1.29, 1.82) is 0 Å². The van der Waals surface area contributed by atoms with Crippen LogP contribution in [0.15, 0.2) is 39.2 Å². The first-order chi connectivity index (χ1) is 10.6. The van der Waals surface area contributed by atoms with Crippen LogP contribution in [-0.2, 0) is 9.53 Å². The first-order valence-electron chi connectivity index (χ1n) is 6.76. The van der Waals surface area contributed by atoms with Gasteiger partial charge in [-0.25, -0.2) is 4.79 Å². The highest BCUT2D eigenvalue weighted by Gasteiger charge is 2.39. The summed E-state index contributed by atoms with van der Waals surface area (Å²) in [6.07, 6.45) is 2.02. The number of thioether (sulfide) groups is 1. The Bertz CT molecular complexity index is 762. The van der Waals surface area contributed by atoms with E-state index in [1.165, 1.54) is 7.11 Å². The van der Waals surface area contributed by atoms with Gasteiger partial charge in [0.2, 0.25) is 0 Å². The van der Waals surface area contributed by atoms with Crippen molar-refractivity contribution in [3.8, 4) is 0 Å². The van der Waals surface area contributed by atoms with Crippen LogP contribution < -0.4 is 5.73 Å². The summed E-state index contributed by atoms with van der Waals surface area (Å²) in [5, 5.41) is 0. The predicted octanol–water partition coefficient (Wildman–Crippen LogP) is 3.07. The molecule has 0 bridgehead atoms. The maximum absolute atomic E-state index is 12.2. The highest BCUT2D eigenvalue weighted by atomic mass is 32.2. The molecule has 0 saturated heterocycles. The number of carbonyl (C=O) groups excluding carboxylic acids is 1. The summed E-state index contributed by atoms with van der Waals surface area (Å²) in [7, 11) is 1.37. The van der Waals surface area contributed by atoms with E-state index in [4.69, 9.17) is 14.9 Å². The summed E-state index contributed by atoms with van der Waals surface area (Å²) < 4.78 is 10.4. The molecule has 1 aliphatic rings. The van der Waals surface area contributed by atoms with Crippen molar-refractivity contribution in [1.82, 2.24) is 4.98 Å². The number of fused-ring (bicyclic) bond motifs is 1. The minimum atomic E-state index is -0.372. The minimum Gasteiger partial charge on any atom is -0.466 e. The maximum Gasteiger partial charge on any atom is 0.335 e. The van der Waals surface area contributed by atoms with Gasteiger partial charge in [-0.2, -0.15) is 4.98 Å². The molecule has 0 spiro atoms. The average molecular weight is 316 g/mol. The fourth-order valence-electron chi connectivity index (χ4n) is 2.79. The number of nitrogen functional groups attached to an aromatic ring is 1. The SMILES string of the molecule is COC(=O)C1=C(C)c2oc(N)nc2[C@@H]1c1ccc(SC)cc1. The van der Waals surface area contributed by atoms with E-state index in [1.807, 2.05) is 37.4 Å². The number of allylic oxidation sites excluding steroid dienone is 1. The lowest BCUT2D eigenvalue weighted by atomic mass is 9.91. The molecule has 1 heterocycles. The molecule has 0 radical (unpaired) electrons. The largest absolute Gasteiger partial charge is 0.466 e. The number of ether oxygens (including phenoxy) is 1. The van der Waals surface area contributed by atoms with Gasteiger partial charge in [0, 0.05) is 10.5 Å². The number of hydrogen-bond acceptors (Lipinski definition) is 6. The Hall–Kier alpha value is -2.21. The molecule has 1 aromatic carbocycles. The summed E-state index contributed by atoms with van der Waals surface area (Å²) in [4.78, 5) is 17.6. The third-order valence-corrected chi connectivity index (χ3v) is 4.57. The zero-order valence-corrected chi connectivity index (χ0v) is 13.4. The zero-order valence-electron chi connectivity index (χ0n) is 12.5. The summed E-state index contributed by atoms with van der Waals surface area (Å²) in [6.45, 7) is 1.83. The summed E-state index contributed by atoms with van der Waals surface area (Å²) in [5.41, 5.74) is 8.59. The lowest BCUT2D eigenvalue weighted by Gasteiger charge is -2.14. The Morgan fingerprint density at radius 1 is 1.36 bits per heavy atom. The quantitative estimate of drug-likeness (QED) is 0.692. The first-order valence-corrected chi connectivity index (χ1v) is 7.99. The molecule has 0 amide bonds. The van der Waals surface area contributed by atoms with Gasteiger partial charge in [0.25, 0.3) is 6.01 Å². The second-order valence-corrected chi connectivity index (χ2v) is 5.88. The molecule has 0 aliphatic heterocycles. The van der Waals surface area contributed by atoms with Crippen LogP contribution in [0.1, 0.15) is 29.9 Å². The van der Waals surface area contributed by atoms with Crippen molar-refractivity contribution in [2.75, 3.05) is 19.1 Å². The number of nitrogens with two attached hydrogens (primary N) is 1. The zero-order chi connectivity index (χ0) is 15.9. The van der Waals surface area contributed by atoms with Crippen LogP contribution in [-0.4, -0.2) is 24.3 Å². The Balaban J connectivity index is 2.15. The molecule has 1 aliphatic carbocycles. The van der Waals surface area contributed by atoms with E-state index in [-0.39, 0.29) is 17.9 Å². The van der Waals surface area contributed by atoms with Gasteiger partial charge in [-0.15, -0.1) is 11.8 Å². The van der Waals surface area contributed by atoms with Gasteiger partial charge in [0.15, 0.2) is 5.76 Å². The topological polar surface area (TPSA) is 78.3 Å². The van der Waals surface area contributed by atoms with Gasteiger partial charge in [-0.1, -0.05) is 12.1 Å². The molecule has 2 N–H and O–H groups in total. The van der Waals surface area contributed by atoms with E-state index < -0.39 is 0 Å². The molecule has 0 unspecified atom stereocenters. The molecular formula is C16H16N2O3S. The lowest BCUT2D eigenvalue weighted by molar-refractivity contribution is -0.136. The third-order valence-electron chi connectivity index (χ3n) is 3.83. The minimum absolute atomic E-state index is 0.110. The highest BCUT2D eigenvalue weighted by Crippen LogP contribution is 2.46. The molecule has 114 valence electrons. The number of rotatable bonds is 3. The number of methoxy groups -OCH3 is 1. The normalized spacial score (nSPS) is 16.8. The molecule has 1 atom stereocenters. The molecule has 2 aromatic rings. The van der Waals surface area contributed by atoms with E-state index in [1.54, 1.807) is 11.8 Å². The number of carbonyl (C=O) groups is 1. The van der Waals surface area contributed by atoms with Crippen molar-refractivity contribution in [3.05, 3.63) is 46.9 Å². The number of anilines is 1. The molecule has 6 heteroatoms. The molecule has 0 saturated carbocycles. The number of esters is 1. The summed E-state index contributed by atoms with van der Waals surface area (Å²) >= 11 is 1.66. The number of benzene rings is 1. The molecule has 3 rings (SSSR count). The number of aromatic nitrogens is 1. The standard InChI is InChI=1S/C16H16N2O3S/c1-8-11(15(19)20-2)12(13-14(8)21-16(17)18-13)9-4-6-10(22-3)7-5-9/h4-7,12H,1-3H3,(H2,17,18)/t12-/m1/s1. The van der Waals surface area contributed by atoms with Gasteiger partial charge in [0.05, 0.1) is 18.6 Å². The monoisotopic (exact) mass is 316 g/mol. The fourth-order valence-corrected chi connectivity index (χ4v) is 3.20. The number of oxazole rings is 1. The fraction of sp³-hybridized carbons (Fsp3) is 0.250. The van der Waals surface area contributed by atoms with Crippen LogP contribution in [0.25, 0.3) is 5.57 Å². The molecule has 22 heavy (non-hydrogen) atoms. The van der Waals surface area contributed by atoms with Crippen LogP contribution in [0.3, 0.4) is 0 Å². The third kappa shape index (κ3) is 2.20. The van der Waals surface area contributed by atoms with E-state index >= 15 is 0 Å². The van der Waals surface area contributed by atoms with Crippen molar-refractivity contribution in [3.63, 3.8) is 0 Å². The van der Waals surface area contributed by atoms with Crippen molar-refractivity contribution in [2.24, 2.45) is 0 Å². The molecular weight excluding hydrogens is 300 g/mol. The molecule has 1 aromatic heterocycles. The lowest BCUT2D eigenvalue weighted by Crippen LogP contribution is -2.13. The van der Waals surface area contributed by atoms with E-state index in [0.717, 1.165) is 16.0 Å². The Labute approximate surface area is 132 Å². The van der Waals surface area contributed by atoms with Gasteiger partial charge < -0.3 is 14.9 Å². The van der Waals surface area contributed by atoms with E-state index in [9.17, 15) is 4.79 Å². The molecule has 5 nitrogen and oxygen atoms in total. The van der Waals surface area contributed by atoms with Crippen LogP contribution in [0.4, 0.5) is 6.01 Å². The number of hydrogen-bond donors (Lipinski definition) is 1. The highest BCUT2D eigenvalue weighted by molar-refractivity contribution is 7.98. The summed E-state index contributed by atoms with van der Waals surface area (Å²) in [5.74, 6) is -0.112. The maximum atomic E-state index is 12.2. The van der Waals surface area contributed by atoms with Gasteiger partial charge in [-0.05, 0) is 30.9 Å². The van der Waals surface area contributed by atoms with Gasteiger partial charge in [0.1, 0.15) is 5.69 Å². The number of nitrogens with zero attached hydrogens (tertiary/aromatic N) is 1. The Kier molecular flexibility index (Phi) is 3.70. The average Bonchev–Trinajstić information content (AvgIpc) is 3.03. The van der Waals surface area contributed by atoms with E-state index in [0.29, 0.717) is 17.0 Å². The summed E-state index contributed by atoms with van der Waals surface area (Å²) in [6, 6.07) is 8.13. The Morgan fingerprint density at radius 2 is 2.05 bits per heavy atom. The first kappa shape index (κ1) is 14.7.